The average Bonchev–Trinajstić information content (AvgIpc) is 2.51. The Bertz CT molecular complexity index is 688. The number of nitrogens with zero attached hydrogens (tertiary/aromatic N) is 1. The summed E-state index contributed by atoms with van der Waals surface area (Å²) in [6.45, 7) is 0. The number of terminal acetylenes is 1. The zero-order chi connectivity index (χ0) is 14.1. The summed E-state index contributed by atoms with van der Waals surface area (Å²) in [7, 11) is 3.68. The number of rotatable bonds is 1. The van der Waals surface area contributed by atoms with Gasteiger partial charge < -0.3 is 9.64 Å². The summed E-state index contributed by atoms with van der Waals surface area (Å²) in [5.41, 5.74) is 5.45. The van der Waals surface area contributed by atoms with Crippen LogP contribution >= 0.6 is 0 Å². The Balaban J connectivity index is 2.40. The second-order valence-corrected chi connectivity index (χ2v) is 4.65. The highest BCUT2D eigenvalue weighted by Gasteiger charge is 2.26. The first-order valence-electron chi connectivity index (χ1n) is 6.45. The molecular formula is C18H15NO. The monoisotopic (exact) mass is 261 g/mol. The van der Waals surface area contributed by atoms with Crippen molar-refractivity contribution in [3.63, 3.8) is 0 Å². The van der Waals surface area contributed by atoms with Crippen LogP contribution in [-0.4, -0.2) is 14.2 Å². The van der Waals surface area contributed by atoms with Crippen molar-refractivity contribution in [1.29, 1.82) is 0 Å². The number of benzene rings is 2. The van der Waals surface area contributed by atoms with E-state index in [1.54, 1.807) is 7.11 Å². The molecule has 2 heteroatoms. The summed E-state index contributed by atoms with van der Waals surface area (Å²) < 4.78 is 5.41. The van der Waals surface area contributed by atoms with Crippen LogP contribution in [0.5, 0.6) is 0 Å². The van der Waals surface area contributed by atoms with Crippen LogP contribution in [0.4, 0.5) is 11.4 Å². The minimum Gasteiger partial charge on any atom is -0.488 e. The molecule has 0 spiro atoms. The lowest BCUT2D eigenvalue weighted by atomic mass is 9.89. The summed E-state index contributed by atoms with van der Waals surface area (Å²) in [6, 6.07) is 16.4. The first-order valence-corrected chi connectivity index (χ1v) is 6.45. The van der Waals surface area contributed by atoms with Gasteiger partial charge in [-0.15, -0.1) is 6.42 Å². The van der Waals surface area contributed by atoms with Crippen LogP contribution < -0.4 is 4.90 Å². The van der Waals surface area contributed by atoms with Crippen molar-refractivity contribution in [2.45, 2.75) is 0 Å². The highest BCUT2D eigenvalue weighted by Crippen LogP contribution is 2.45. The topological polar surface area (TPSA) is 12.5 Å². The van der Waals surface area contributed by atoms with Crippen LogP contribution in [0.15, 0.2) is 54.3 Å². The van der Waals surface area contributed by atoms with Crippen molar-refractivity contribution in [3.8, 4) is 12.3 Å². The van der Waals surface area contributed by atoms with E-state index in [-0.39, 0.29) is 0 Å². The number of hydrogen-bond acceptors (Lipinski definition) is 2. The van der Waals surface area contributed by atoms with Gasteiger partial charge in [-0.2, -0.15) is 0 Å². The molecule has 0 aromatic heterocycles. The Labute approximate surface area is 119 Å². The third-order valence-electron chi connectivity index (χ3n) is 3.63. The van der Waals surface area contributed by atoms with Crippen molar-refractivity contribution in [2.24, 2.45) is 0 Å². The predicted octanol–water partition coefficient (Wildman–Crippen LogP) is 3.81. The van der Waals surface area contributed by atoms with Crippen molar-refractivity contribution in [1.82, 2.24) is 0 Å². The van der Waals surface area contributed by atoms with Gasteiger partial charge in [0.25, 0.3) is 0 Å². The molecule has 2 aromatic carbocycles. The van der Waals surface area contributed by atoms with Gasteiger partial charge in [0.1, 0.15) is 0 Å². The lowest BCUT2D eigenvalue weighted by molar-refractivity contribution is 0.313. The molecule has 3 rings (SSSR count). The predicted molar refractivity (Wildman–Crippen MR) is 82.8 cm³/mol. The Kier molecular flexibility index (Phi) is 2.96. The first-order chi connectivity index (χ1) is 9.77. The Hall–Kier alpha value is -2.66. The summed E-state index contributed by atoms with van der Waals surface area (Å²) in [4.78, 5) is 2.18. The van der Waals surface area contributed by atoms with Gasteiger partial charge in [0.05, 0.1) is 7.11 Å². The van der Waals surface area contributed by atoms with Crippen molar-refractivity contribution < 1.29 is 4.74 Å². The molecule has 0 bridgehead atoms. The lowest BCUT2D eigenvalue weighted by Crippen LogP contribution is -2.18. The van der Waals surface area contributed by atoms with Gasteiger partial charge >= 0.3 is 0 Å². The van der Waals surface area contributed by atoms with Crippen LogP contribution in [0, 0.1) is 12.3 Å². The smallest absolute Gasteiger partial charge is 0.177 e. The van der Waals surface area contributed by atoms with E-state index in [4.69, 9.17) is 11.2 Å². The van der Waals surface area contributed by atoms with Crippen LogP contribution in [0.25, 0.3) is 5.57 Å². The van der Waals surface area contributed by atoms with E-state index in [0.717, 1.165) is 28.1 Å². The van der Waals surface area contributed by atoms with Gasteiger partial charge in [0, 0.05) is 35.1 Å². The maximum Gasteiger partial charge on any atom is 0.177 e. The maximum atomic E-state index is 5.62. The largest absolute Gasteiger partial charge is 0.488 e. The maximum absolute atomic E-state index is 5.62. The van der Waals surface area contributed by atoms with Gasteiger partial charge in [-0.05, 0) is 18.1 Å². The van der Waals surface area contributed by atoms with Crippen molar-refractivity contribution in [3.05, 3.63) is 65.4 Å². The number of methoxy groups -OCH3 is 1. The lowest BCUT2D eigenvalue weighted by Gasteiger charge is -2.32. The molecule has 0 N–H and O–H groups in total. The molecule has 0 saturated carbocycles. The van der Waals surface area contributed by atoms with E-state index in [9.17, 15) is 0 Å². The first kappa shape index (κ1) is 12.4. The van der Waals surface area contributed by atoms with E-state index in [1.165, 1.54) is 0 Å². The second kappa shape index (κ2) is 4.79. The fourth-order valence-corrected chi connectivity index (χ4v) is 2.71. The molecule has 20 heavy (non-hydrogen) atoms. The highest BCUT2D eigenvalue weighted by atomic mass is 16.5. The molecule has 0 atom stereocenters. The third kappa shape index (κ3) is 1.68. The minimum absolute atomic E-state index is 0.568. The molecular weight excluding hydrogens is 246 g/mol. The van der Waals surface area contributed by atoms with Gasteiger partial charge in [0.2, 0.25) is 0 Å². The van der Waals surface area contributed by atoms with Crippen molar-refractivity contribution in [2.75, 3.05) is 19.1 Å². The van der Waals surface area contributed by atoms with Crippen LogP contribution in [0.1, 0.15) is 11.1 Å². The second-order valence-electron chi connectivity index (χ2n) is 4.65. The summed E-state index contributed by atoms with van der Waals surface area (Å²) >= 11 is 0. The molecule has 2 nitrogen and oxygen atoms in total. The Morgan fingerprint density at radius 1 is 1.00 bits per heavy atom. The molecule has 1 aliphatic heterocycles. The van der Waals surface area contributed by atoms with E-state index in [0.29, 0.717) is 5.76 Å². The molecule has 0 unspecified atom stereocenters. The van der Waals surface area contributed by atoms with Gasteiger partial charge in [0.15, 0.2) is 5.76 Å². The molecule has 0 radical (unpaired) electrons. The van der Waals surface area contributed by atoms with E-state index >= 15 is 0 Å². The molecule has 0 saturated heterocycles. The van der Waals surface area contributed by atoms with Crippen molar-refractivity contribution >= 4 is 16.9 Å². The van der Waals surface area contributed by atoms with E-state index < -0.39 is 0 Å². The fourth-order valence-electron chi connectivity index (χ4n) is 2.71. The molecule has 0 fully saturated rings. The molecule has 1 heterocycles. The number of hydrogen-bond donors (Lipinski definition) is 0. The van der Waals surface area contributed by atoms with Gasteiger partial charge in [-0.3, -0.25) is 0 Å². The highest BCUT2D eigenvalue weighted by molar-refractivity contribution is 5.99. The molecule has 2 aromatic rings. The third-order valence-corrected chi connectivity index (χ3v) is 3.63. The normalized spacial score (nSPS) is 12.2. The summed E-state index contributed by atoms with van der Waals surface area (Å²) in [5.74, 6) is 3.22. The van der Waals surface area contributed by atoms with Gasteiger partial charge in [-0.1, -0.05) is 36.4 Å². The average molecular weight is 261 g/mol. The number of fused-ring (bicyclic) bond motifs is 2. The van der Waals surface area contributed by atoms with E-state index in [1.807, 2.05) is 24.3 Å². The quantitative estimate of drug-likeness (QED) is 0.572. The minimum atomic E-state index is 0.568. The molecule has 0 amide bonds. The Morgan fingerprint density at radius 3 is 1.95 bits per heavy atom. The Morgan fingerprint density at radius 2 is 1.50 bits per heavy atom. The van der Waals surface area contributed by atoms with Crippen LogP contribution in [0.3, 0.4) is 0 Å². The molecule has 98 valence electrons. The fraction of sp³-hybridized carbons (Fsp3) is 0.111. The zero-order valence-electron chi connectivity index (χ0n) is 11.6. The van der Waals surface area contributed by atoms with Gasteiger partial charge in [-0.25, -0.2) is 0 Å². The van der Waals surface area contributed by atoms with Crippen LogP contribution in [-0.2, 0) is 4.74 Å². The molecule has 0 aliphatic carbocycles. The summed E-state index contributed by atoms with van der Waals surface area (Å²) in [6.07, 6.45) is 5.62. The number of ether oxygens (including phenoxy) is 1. The zero-order valence-corrected chi connectivity index (χ0v) is 11.6. The SMILES string of the molecule is C#CC(OC)=C1c2ccccc2N(C)c2ccccc21. The van der Waals surface area contributed by atoms with E-state index in [2.05, 4.69) is 42.1 Å². The van der Waals surface area contributed by atoms with Crippen LogP contribution in [0.2, 0.25) is 0 Å². The molecule has 1 aliphatic rings. The number of allylic oxidation sites excluding steroid dienone is 1. The number of para-hydroxylation sites is 2. The summed E-state index contributed by atoms with van der Waals surface area (Å²) in [5, 5.41) is 0. The number of anilines is 2. The standard InChI is InChI=1S/C18H15NO/c1-4-17(20-3)18-13-9-5-7-11-15(13)19(2)16-12-8-6-10-14(16)18/h1,5-12H,2-3H3.